The van der Waals surface area contributed by atoms with Crippen LogP contribution in [0.4, 0.5) is 5.69 Å². The van der Waals surface area contributed by atoms with Gasteiger partial charge in [0.15, 0.2) is 24.3 Å². The maximum Gasteiger partial charge on any atom is 0.224 e. The highest BCUT2D eigenvalue weighted by molar-refractivity contribution is 8.18. The minimum atomic E-state index is -0.422. The molecule has 3 spiro atoms. The van der Waals surface area contributed by atoms with Crippen LogP contribution >= 0.6 is 81.9 Å². The van der Waals surface area contributed by atoms with Crippen molar-refractivity contribution in [3.05, 3.63) is 87.6 Å². The van der Waals surface area contributed by atoms with E-state index < -0.39 is 18.9 Å². The fraction of sp³-hybridized carbons (Fsp3) is 0.565. The molecule has 4 aromatic rings. The van der Waals surface area contributed by atoms with Crippen molar-refractivity contribution in [3.8, 4) is 0 Å². The Morgan fingerprint density at radius 1 is 0.565 bits per heavy atom. The smallest absolute Gasteiger partial charge is 0.224 e. The molecule has 0 unspecified atom stereocenters. The van der Waals surface area contributed by atoms with Gasteiger partial charge in [-0.3, -0.25) is 9.59 Å². The topological polar surface area (TPSA) is 102 Å². The van der Waals surface area contributed by atoms with E-state index >= 15 is 0 Å². The van der Waals surface area contributed by atoms with Crippen LogP contribution in [0.25, 0.3) is 20.2 Å². The first-order valence-corrected chi connectivity index (χ1v) is 28.4. The average Bonchev–Trinajstić information content (AvgIpc) is 3.31. The SMILES string of the molecule is CC1SCC2(COC(c3cc(C4OCC5(CO4)CSC(C)SC5)cc(C4OCC5(CO4)CSC(C)SC5)c3)OC2)CS1.CCC(=O)Nc1ccc2sc3ccccc3c(=O)c2c1. The van der Waals surface area contributed by atoms with E-state index in [4.69, 9.17) is 28.4 Å². The van der Waals surface area contributed by atoms with Crippen LogP contribution in [0, 0.1) is 16.2 Å². The van der Waals surface area contributed by atoms with E-state index in [0.29, 0.717) is 70.9 Å². The van der Waals surface area contributed by atoms with Crippen LogP contribution < -0.4 is 10.7 Å². The van der Waals surface area contributed by atoms with E-state index in [0.717, 1.165) is 66.0 Å². The third-order valence-electron chi connectivity index (χ3n) is 12.0. The number of amides is 1. The molecule has 0 saturated carbocycles. The molecule has 6 saturated heterocycles. The predicted molar refractivity (Wildman–Crippen MR) is 265 cm³/mol. The Balaban J connectivity index is 0.000000205. The fourth-order valence-electron chi connectivity index (χ4n) is 8.14. The Morgan fingerprint density at radius 2 is 0.952 bits per heavy atom. The second kappa shape index (κ2) is 20.0. The van der Waals surface area contributed by atoms with Crippen molar-refractivity contribution >= 4 is 114 Å². The van der Waals surface area contributed by atoms with Gasteiger partial charge in [0, 0.05) is 113 Å². The Bertz CT molecular complexity index is 2100. The van der Waals surface area contributed by atoms with Crippen molar-refractivity contribution in [2.45, 2.75) is 66.7 Å². The van der Waals surface area contributed by atoms with E-state index in [1.165, 1.54) is 0 Å². The summed E-state index contributed by atoms with van der Waals surface area (Å²) in [4.78, 5) is 23.9. The van der Waals surface area contributed by atoms with Gasteiger partial charge in [0.2, 0.25) is 5.91 Å². The van der Waals surface area contributed by atoms with Gasteiger partial charge in [-0.05, 0) is 69.3 Å². The summed E-state index contributed by atoms with van der Waals surface area (Å²) in [6.07, 6.45) is -0.848. The number of fused-ring (bicyclic) bond motifs is 2. The molecule has 1 amide bonds. The van der Waals surface area contributed by atoms with Crippen molar-refractivity contribution in [2.75, 3.05) is 79.5 Å². The molecule has 334 valence electrons. The first-order chi connectivity index (χ1) is 30.0. The lowest BCUT2D eigenvalue weighted by atomic mass is 9.93. The van der Waals surface area contributed by atoms with Gasteiger partial charge in [-0.2, -0.15) is 0 Å². The number of benzene rings is 3. The second-order valence-corrected chi connectivity index (χ2v) is 27.4. The van der Waals surface area contributed by atoms with Crippen LogP contribution in [0.15, 0.2) is 65.5 Å². The molecule has 0 radical (unpaired) electrons. The minimum Gasteiger partial charge on any atom is -0.348 e. The lowest BCUT2D eigenvalue weighted by Gasteiger charge is -2.44. The number of nitrogens with one attached hydrogen (secondary N) is 1. The van der Waals surface area contributed by atoms with Crippen molar-refractivity contribution < 1.29 is 33.2 Å². The van der Waals surface area contributed by atoms with Crippen molar-refractivity contribution in [3.63, 3.8) is 0 Å². The molecule has 0 atom stereocenters. The van der Waals surface area contributed by atoms with Gasteiger partial charge in [0.05, 0.1) is 39.6 Å². The maximum absolute atomic E-state index is 12.5. The molecule has 1 N–H and O–H groups in total. The van der Waals surface area contributed by atoms with Gasteiger partial charge < -0.3 is 33.7 Å². The van der Waals surface area contributed by atoms with Crippen molar-refractivity contribution in [1.29, 1.82) is 0 Å². The largest absolute Gasteiger partial charge is 0.348 e. The summed E-state index contributed by atoms with van der Waals surface area (Å²) in [5.41, 5.74) is 3.91. The molecule has 1 aromatic heterocycles. The van der Waals surface area contributed by atoms with Crippen molar-refractivity contribution in [1.82, 2.24) is 0 Å². The predicted octanol–water partition coefficient (Wildman–Crippen LogP) is 11.0. The molecule has 62 heavy (non-hydrogen) atoms. The Morgan fingerprint density at radius 3 is 1.35 bits per heavy atom. The lowest BCUT2D eigenvalue weighted by Crippen LogP contribution is -2.45. The van der Waals surface area contributed by atoms with Crippen LogP contribution in [-0.2, 0) is 33.2 Å². The molecular formula is C46H55NO8S7. The number of hydrogen-bond acceptors (Lipinski definition) is 15. The molecule has 9 nitrogen and oxygen atoms in total. The van der Waals surface area contributed by atoms with Crippen molar-refractivity contribution in [2.24, 2.45) is 16.2 Å². The van der Waals surface area contributed by atoms with Crippen LogP contribution in [-0.4, -0.2) is 93.8 Å². The van der Waals surface area contributed by atoms with Gasteiger partial charge in [0.1, 0.15) is 0 Å². The molecule has 3 aromatic carbocycles. The number of rotatable bonds is 5. The van der Waals surface area contributed by atoms with Gasteiger partial charge in [-0.15, -0.1) is 81.9 Å². The van der Waals surface area contributed by atoms with Crippen LogP contribution in [0.1, 0.15) is 69.7 Å². The highest BCUT2D eigenvalue weighted by Gasteiger charge is 2.44. The Kier molecular flexibility index (Phi) is 14.8. The van der Waals surface area contributed by atoms with Crippen LogP contribution in [0.5, 0.6) is 0 Å². The molecule has 0 aliphatic carbocycles. The summed E-state index contributed by atoms with van der Waals surface area (Å²) < 4.78 is 42.6. The summed E-state index contributed by atoms with van der Waals surface area (Å²) >= 11 is 13.7. The number of ether oxygens (including phenoxy) is 6. The van der Waals surface area contributed by atoms with Gasteiger partial charge in [-0.1, -0.05) is 19.1 Å². The molecule has 6 aliphatic rings. The number of thioether (sulfide) groups is 6. The summed E-state index contributed by atoms with van der Waals surface area (Å²) in [6.45, 7) is 12.9. The second-order valence-electron chi connectivity index (χ2n) is 17.4. The molecule has 6 aliphatic heterocycles. The number of anilines is 1. The molecule has 0 bridgehead atoms. The fourth-order valence-corrected chi connectivity index (χ4v) is 17.1. The van der Waals surface area contributed by atoms with E-state index in [2.05, 4.69) is 44.3 Å². The van der Waals surface area contributed by atoms with Gasteiger partial charge >= 0.3 is 0 Å². The van der Waals surface area contributed by atoms with E-state index in [1.54, 1.807) is 24.3 Å². The standard InChI is InChI=1S/C30H42O6S6.C16H13NO2S/c1-19-37-13-28(14-38-19)7-31-25(32-8-28)22-4-23(26-33-9-29(10-34-26)15-39-20(2)40-16-29)6-24(5-22)27-35-11-30(12-36-27)17-41-21(3)42-18-30;1-2-15(18)17-10-7-8-14-12(9-10)16(19)11-5-3-4-6-13(11)20-14/h4-6,19-21,25-27H,7-18H2,1-3H3;3-9H,2H2,1H3,(H,17,18). The highest BCUT2D eigenvalue weighted by atomic mass is 32.2. The first kappa shape index (κ1) is 46.0. The normalized spacial score (nSPS) is 33.9. The number of carbonyl (C=O) groups is 1. The Hall–Kier alpha value is -1.12. The van der Waals surface area contributed by atoms with E-state index in [9.17, 15) is 9.59 Å². The minimum absolute atomic E-state index is 0.0157. The molecular weight excluding hydrogens is 919 g/mol. The molecule has 16 heteroatoms. The van der Waals surface area contributed by atoms with E-state index in [1.807, 2.05) is 107 Å². The molecule has 10 rings (SSSR count). The monoisotopic (exact) mass is 973 g/mol. The average molecular weight is 974 g/mol. The zero-order valence-corrected chi connectivity index (χ0v) is 41.3. The van der Waals surface area contributed by atoms with Crippen LogP contribution in [0.3, 0.4) is 0 Å². The van der Waals surface area contributed by atoms with Crippen LogP contribution in [0.2, 0.25) is 0 Å². The zero-order valence-electron chi connectivity index (χ0n) is 35.6. The molecule has 6 fully saturated rings. The third kappa shape index (κ3) is 10.5. The number of carbonyl (C=O) groups excluding carboxylic acids is 1. The zero-order chi connectivity index (χ0) is 42.9. The Labute approximate surface area is 394 Å². The number of hydrogen-bond donors (Lipinski definition) is 1. The van der Waals surface area contributed by atoms with Gasteiger partial charge in [-0.25, -0.2) is 0 Å². The lowest BCUT2D eigenvalue weighted by molar-refractivity contribution is -0.230. The summed E-state index contributed by atoms with van der Waals surface area (Å²) in [6, 6.07) is 19.5. The maximum atomic E-state index is 12.5. The van der Waals surface area contributed by atoms with Gasteiger partial charge in [0.25, 0.3) is 0 Å². The highest BCUT2D eigenvalue weighted by Crippen LogP contribution is 2.48. The first-order valence-electron chi connectivity index (χ1n) is 21.3. The van der Waals surface area contributed by atoms with E-state index in [-0.39, 0.29) is 27.6 Å². The molecule has 7 heterocycles. The third-order valence-corrected chi connectivity index (χ3v) is 23.1. The quantitative estimate of drug-likeness (QED) is 0.192. The summed E-state index contributed by atoms with van der Waals surface area (Å²) in [5, 5.41) is 4.17. The summed E-state index contributed by atoms with van der Waals surface area (Å²) in [7, 11) is 0. The summed E-state index contributed by atoms with van der Waals surface area (Å²) in [5.74, 6) is 6.45.